The van der Waals surface area contributed by atoms with Crippen LogP contribution in [0.25, 0.3) is 0 Å². The van der Waals surface area contributed by atoms with Gasteiger partial charge in [0.25, 0.3) is 0 Å². The first-order chi connectivity index (χ1) is 10.5. The second kappa shape index (κ2) is 7.14. The minimum atomic E-state index is -0.404. The Balaban J connectivity index is 1.60. The van der Waals surface area contributed by atoms with E-state index in [1.807, 2.05) is 0 Å². The van der Waals surface area contributed by atoms with Crippen LogP contribution in [0.3, 0.4) is 0 Å². The number of benzene rings is 1. The molecule has 0 aromatic heterocycles. The van der Waals surface area contributed by atoms with Crippen molar-refractivity contribution in [3.8, 4) is 0 Å². The van der Waals surface area contributed by atoms with Gasteiger partial charge in [-0.15, -0.1) is 0 Å². The Morgan fingerprint density at radius 2 is 1.27 bits per heavy atom. The molecule has 3 heteroatoms. The van der Waals surface area contributed by atoms with Crippen LogP contribution in [0.5, 0.6) is 0 Å². The molecular formula is C19H25F2I. The standard InChI is InChI=1S/C19H25F2I/c1-12-2-4-13(5-3-12)14-6-8-15(9-7-14)16-10-17(20)19(22)18(21)11-16/h10-15H,2-9H2,1H3. The molecule has 1 aromatic carbocycles. The van der Waals surface area contributed by atoms with Crippen LogP contribution in [0, 0.1) is 33.0 Å². The topological polar surface area (TPSA) is 0 Å². The average Bonchev–Trinajstić information content (AvgIpc) is 2.53. The van der Waals surface area contributed by atoms with Crippen molar-refractivity contribution in [1.29, 1.82) is 0 Å². The lowest BCUT2D eigenvalue weighted by Gasteiger charge is -2.37. The second-order valence-electron chi connectivity index (χ2n) is 7.43. The summed E-state index contributed by atoms with van der Waals surface area (Å²) >= 11 is 1.74. The molecule has 2 aliphatic carbocycles. The zero-order valence-electron chi connectivity index (χ0n) is 13.3. The maximum Gasteiger partial charge on any atom is 0.139 e. The van der Waals surface area contributed by atoms with Crippen molar-refractivity contribution in [1.82, 2.24) is 0 Å². The fourth-order valence-electron chi connectivity index (χ4n) is 4.49. The van der Waals surface area contributed by atoms with Gasteiger partial charge in [0, 0.05) is 0 Å². The molecule has 0 atom stereocenters. The third-order valence-electron chi connectivity index (χ3n) is 5.98. The molecular weight excluding hydrogens is 393 g/mol. The van der Waals surface area contributed by atoms with Gasteiger partial charge >= 0.3 is 0 Å². The highest BCUT2D eigenvalue weighted by atomic mass is 127. The van der Waals surface area contributed by atoms with Crippen molar-refractivity contribution in [3.05, 3.63) is 32.9 Å². The fraction of sp³-hybridized carbons (Fsp3) is 0.684. The van der Waals surface area contributed by atoms with Gasteiger partial charge in [0.15, 0.2) is 0 Å². The van der Waals surface area contributed by atoms with Gasteiger partial charge in [-0.25, -0.2) is 8.78 Å². The molecule has 0 aliphatic heterocycles. The van der Waals surface area contributed by atoms with Crippen LogP contribution in [0.4, 0.5) is 8.78 Å². The first-order valence-corrected chi connectivity index (χ1v) is 9.77. The largest absolute Gasteiger partial charge is 0.206 e. The Labute approximate surface area is 146 Å². The van der Waals surface area contributed by atoms with E-state index in [-0.39, 0.29) is 3.57 Å². The highest BCUT2D eigenvalue weighted by molar-refractivity contribution is 14.1. The molecule has 1 aromatic rings. The molecule has 0 unspecified atom stereocenters. The zero-order valence-corrected chi connectivity index (χ0v) is 15.4. The van der Waals surface area contributed by atoms with E-state index in [0.29, 0.717) is 5.92 Å². The SMILES string of the molecule is CC1CCC(C2CCC(c3cc(F)c(I)c(F)c3)CC2)CC1. The van der Waals surface area contributed by atoms with Crippen molar-refractivity contribution < 1.29 is 8.78 Å². The van der Waals surface area contributed by atoms with Crippen LogP contribution < -0.4 is 0 Å². The maximum atomic E-state index is 13.8. The summed E-state index contributed by atoms with van der Waals surface area (Å²) in [6.45, 7) is 2.37. The van der Waals surface area contributed by atoms with Crippen LogP contribution in [0.1, 0.15) is 69.8 Å². The van der Waals surface area contributed by atoms with E-state index in [9.17, 15) is 8.78 Å². The van der Waals surface area contributed by atoms with Gasteiger partial charge < -0.3 is 0 Å². The van der Waals surface area contributed by atoms with Gasteiger partial charge in [0.2, 0.25) is 0 Å². The Kier molecular flexibility index (Phi) is 5.41. The molecule has 0 heterocycles. The predicted octanol–water partition coefficient (Wildman–Crippen LogP) is 6.67. The van der Waals surface area contributed by atoms with Crippen molar-refractivity contribution in [2.24, 2.45) is 17.8 Å². The first-order valence-electron chi connectivity index (χ1n) is 8.69. The number of hydrogen-bond donors (Lipinski definition) is 0. The van der Waals surface area contributed by atoms with Crippen LogP contribution in [-0.4, -0.2) is 0 Å². The minimum Gasteiger partial charge on any atom is -0.206 e. The fourth-order valence-corrected chi connectivity index (χ4v) is 4.80. The van der Waals surface area contributed by atoms with Crippen LogP contribution in [0.15, 0.2) is 12.1 Å². The van der Waals surface area contributed by atoms with Crippen LogP contribution in [-0.2, 0) is 0 Å². The zero-order chi connectivity index (χ0) is 15.7. The number of hydrogen-bond acceptors (Lipinski definition) is 0. The Bertz CT molecular complexity index is 489. The highest BCUT2D eigenvalue weighted by Crippen LogP contribution is 2.44. The van der Waals surface area contributed by atoms with E-state index in [2.05, 4.69) is 6.92 Å². The molecule has 122 valence electrons. The Hall–Kier alpha value is -0.190. The van der Waals surface area contributed by atoms with Gasteiger partial charge in [0.1, 0.15) is 11.6 Å². The highest BCUT2D eigenvalue weighted by Gasteiger charge is 2.30. The summed E-state index contributed by atoms with van der Waals surface area (Å²) in [5.41, 5.74) is 0.867. The quantitative estimate of drug-likeness (QED) is 0.372. The average molecular weight is 418 g/mol. The summed E-state index contributed by atoms with van der Waals surface area (Å²) in [5, 5.41) is 0. The summed E-state index contributed by atoms with van der Waals surface area (Å²) in [4.78, 5) is 0. The monoisotopic (exact) mass is 418 g/mol. The molecule has 0 nitrogen and oxygen atoms in total. The summed E-state index contributed by atoms with van der Waals surface area (Å²) < 4.78 is 27.6. The van der Waals surface area contributed by atoms with Crippen LogP contribution >= 0.6 is 22.6 Å². The van der Waals surface area contributed by atoms with E-state index in [1.165, 1.54) is 38.5 Å². The molecule has 0 bridgehead atoms. The van der Waals surface area contributed by atoms with E-state index in [4.69, 9.17) is 0 Å². The van der Waals surface area contributed by atoms with Crippen molar-refractivity contribution >= 4 is 22.6 Å². The molecule has 22 heavy (non-hydrogen) atoms. The predicted molar refractivity (Wildman–Crippen MR) is 94.9 cm³/mol. The number of halogens is 3. The smallest absolute Gasteiger partial charge is 0.139 e. The molecule has 2 fully saturated rings. The molecule has 2 saturated carbocycles. The molecule has 0 radical (unpaired) electrons. The van der Waals surface area contributed by atoms with Gasteiger partial charge in [-0.05, 0) is 102 Å². The molecule has 3 rings (SSSR count). The lowest BCUT2D eigenvalue weighted by molar-refractivity contribution is 0.165. The third kappa shape index (κ3) is 3.65. The van der Waals surface area contributed by atoms with Crippen molar-refractivity contribution in [3.63, 3.8) is 0 Å². The van der Waals surface area contributed by atoms with Gasteiger partial charge in [-0.3, -0.25) is 0 Å². The second-order valence-corrected chi connectivity index (χ2v) is 8.51. The first kappa shape index (κ1) is 16.7. The normalized spacial score (nSPS) is 32.9. The van der Waals surface area contributed by atoms with Crippen molar-refractivity contribution in [2.45, 2.75) is 64.2 Å². The molecule has 2 aliphatic rings. The summed E-state index contributed by atoms with van der Waals surface area (Å²) in [5.74, 6) is 2.20. The van der Waals surface area contributed by atoms with Crippen LogP contribution in [0.2, 0.25) is 0 Å². The maximum absolute atomic E-state index is 13.8. The molecule has 0 spiro atoms. The van der Waals surface area contributed by atoms with E-state index in [1.54, 1.807) is 34.7 Å². The molecule has 0 saturated heterocycles. The molecule has 0 amide bonds. The summed E-state index contributed by atoms with van der Waals surface area (Å²) in [6, 6.07) is 3.11. The van der Waals surface area contributed by atoms with Crippen molar-refractivity contribution in [2.75, 3.05) is 0 Å². The number of rotatable bonds is 2. The Morgan fingerprint density at radius 3 is 1.77 bits per heavy atom. The van der Waals surface area contributed by atoms with Gasteiger partial charge in [-0.2, -0.15) is 0 Å². The lowest BCUT2D eigenvalue weighted by atomic mass is 9.68. The third-order valence-corrected chi connectivity index (χ3v) is 7.01. The van der Waals surface area contributed by atoms with E-state index in [0.717, 1.165) is 36.2 Å². The molecule has 0 N–H and O–H groups in total. The minimum absolute atomic E-state index is 0.117. The summed E-state index contributed by atoms with van der Waals surface area (Å²) in [7, 11) is 0. The lowest BCUT2D eigenvalue weighted by Crippen LogP contribution is -2.24. The van der Waals surface area contributed by atoms with E-state index >= 15 is 0 Å². The van der Waals surface area contributed by atoms with E-state index < -0.39 is 11.6 Å². The van der Waals surface area contributed by atoms with Gasteiger partial charge in [-0.1, -0.05) is 19.8 Å². The summed E-state index contributed by atoms with van der Waals surface area (Å²) in [6.07, 6.45) is 10.2. The Morgan fingerprint density at radius 1 is 0.818 bits per heavy atom. The van der Waals surface area contributed by atoms with Gasteiger partial charge in [0.05, 0.1) is 3.57 Å².